The number of unbranched alkanes of at least 4 members (excludes halogenated alkanes) is 1. The summed E-state index contributed by atoms with van der Waals surface area (Å²) in [6.45, 7) is 5.59. The molecule has 0 aromatic carbocycles. The first-order chi connectivity index (χ1) is 8.20. The van der Waals surface area contributed by atoms with E-state index in [0.29, 0.717) is 12.8 Å². The number of rotatable bonds is 7. The predicted octanol–water partition coefficient (Wildman–Crippen LogP) is 2.88. The standard InChI is InChI=1S/C12H22F3NO2/c1-4-5-6-9(10(16)12(13,14)15)11(17)18-7-8(2)3/h8-10H,4-7,16H2,1-3H3/t9-,10-/m1/s1. The summed E-state index contributed by atoms with van der Waals surface area (Å²) in [6.07, 6.45) is -3.24. The minimum absolute atomic E-state index is 0.0860. The van der Waals surface area contributed by atoms with Crippen LogP contribution in [0.2, 0.25) is 0 Å². The van der Waals surface area contributed by atoms with Gasteiger partial charge in [-0.15, -0.1) is 0 Å². The molecular weight excluding hydrogens is 247 g/mol. The van der Waals surface area contributed by atoms with Gasteiger partial charge < -0.3 is 10.5 Å². The van der Waals surface area contributed by atoms with E-state index in [2.05, 4.69) is 0 Å². The number of nitrogens with two attached hydrogens (primary N) is 1. The Balaban J connectivity index is 4.61. The molecule has 0 heterocycles. The fourth-order valence-electron chi connectivity index (χ4n) is 1.45. The molecule has 0 fully saturated rings. The lowest BCUT2D eigenvalue weighted by atomic mass is 9.94. The van der Waals surface area contributed by atoms with Crippen LogP contribution in [0.3, 0.4) is 0 Å². The van der Waals surface area contributed by atoms with Crippen LogP contribution >= 0.6 is 0 Å². The zero-order chi connectivity index (χ0) is 14.3. The van der Waals surface area contributed by atoms with Crippen LogP contribution in [0, 0.1) is 11.8 Å². The summed E-state index contributed by atoms with van der Waals surface area (Å²) in [5.41, 5.74) is 5.12. The van der Waals surface area contributed by atoms with E-state index in [9.17, 15) is 18.0 Å². The van der Waals surface area contributed by atoms with Crippen LogP contribution < -0.4 is 5.73 Å². The maximum Gasteiger partial charge on any atom is 0.404 e. The molecule has 0 unspecified atom stereocenters. The predicted molar refractivity (Wildman–Crippen MR) is 62.8 cm³/mol. The molecule has 6 heteroatoms. The molecule has 108 valence electrons. The average Bonchev–Trinajstić information content (AvgIpc) is 2.25. The maximum atomic E-state index is 12.6. The van der Waals surface area contributed by atoms with Crippen LogP contribution in [0.5, 0.6) is 0 Å². The van der Waals surface area contributed by atoms with Crippen molar-refractivity contribution in [2.45, 2.75) is 52.3 Å². The summed E-state index contributed by atoms with van der Waals surface area (Å²) in [5.74, 6) is -2.06. The Morgan fingerprint density at radius 1 is 1.33 bits per heavy atom. The van der Waals surface area contributed by atoms with Gasteiger partial charge in [0.2, 0.25) is 0 Å². The third-order valence-corrected chi connectivity index (χ3v) is 2.54. The van der Waals surface area contributed by atoms with Gasteiger partial charge in [0, 0.05) is 0 Å². The van der Waals surface area contributed by atoms with Gasteiger partial charge in [0.1, 0.15) is 6.04 Å². The van der Waals surface area contributed by atoms with E-state index in [1.165, 1.54) is 0 Å². The van der Waals surface area contributed by atoms with Crippen molar-refractivity contribution >= 4 is 5.97 Å². The molecule has 0 bridgehead atoms. The number of ether oxygens (including phenoxy) is 1. The van der Waals surface area contributed by atoms with Crippen LogP contribution in [-0.2, 0) is 9.53 Å². The largest absolute Gasteiger partial charge is 0.465 e. The normalized spacial score (nSPS) is 15.6. The maximum absolute atomic E-state index is 12.6. The van der Waals surface area contributed by atoms with Gasteiger partial charge >= 0.3 is 12.1 Å². The fourth-order valence-corrected chi connectivity index (χ4v) is 1.45. The molecule has 0 saturated carbocycles. The van der Waals surface area contributed by atoms with E-state index in [4.69, 9.17) is 10.5 Å². The highest BCUT2D eigenvalue weighted by atomic mass is 19.4. The molecule has 2 atom stereocenters. The molecule has 0 aromatic rings. The number of carbonyl (C=O) groups excluding carboxylic acids is 1. The molecular formula is C12H22F3NO2. The molecule has 0 aliphatic heterocycles. The topological polar surface area (TPSA) is 52.3 Å². The van der Waals surface area contributed by atoms with Crippen molar-refractivity contribution < 1.29 is 22.7 Å². The Bertz CT molecular complexity index is 254. The molecule has 0 rings (SSSR count). The number of halogens is 3. The molecule has 2 N–H and O–H groups in total. The van der Waals surface area contributed by atoms with E-state index in [-0.39, 0.29) is 18.9 Å². The molecule has 0 amide bonds. The number of alkyl halides is 3. The second kappa shape index (κ2) is 7.61. The minimum atomic E-state index is -4.57. The van der Waals surface area contributed by atoms with Crippen LogP contribution in [0.1, 0.15) is 40.0 Å². The van der Waals surface area contributed by atoms with Gasteiger partial charge in [0.15, 0.2) is 0 Å². The summed E-state index contributed by atoms with van der Waals surface area (Å²) in [6, 6.07) is -2.15. The smallest absolute Gasteiger partial charge is 0.404 e. The van der Waals surface area contributed by atoms with Gasteiger partial charge in [0.25, 0.3) is 0 Å². The lowest BCUT2D eigenvalue weighted by Crippen LogP contribution is -2.47. The monoisotopic (exact) mass is 269 g/mol. The van der Waals surface area contributed by atoms with Crippen molar-refractivity contribution in [3.63, 3.8) is 0 Å². The summed E-state index contributed by atoms with van der Waals surface area (Å²) in [5, 5.41) is 0. The zero-order valence-electron chi connectivity index (χ0n) is 11.1. The Hall–Kier alpha value is -0.780. The molecule has 0 aromatic heterocycles. The van der Waals surface area contributed by atoms with E-state index in [1.807, 2.05) is 20.8 Å². The van der Waals surface area contributed by atoms with Crippen molar-refractivity contribution in [1.82, 2.24) is 0 Å². The highest BCUT2D eigenvalue weighted by Crippen LogP contribution is 2.27. The highest BCUT2D eigenvalue weighted by Gasteiger charge is 2.45. The lowest BCUT2D eigenvalue weighted by Gasteiger charge is -2.24. The van der Waals surface area contributed by atoms with Gasteiger partial charge in [-0.2, -0.15) is 13.2 Å². The van der Waals surface area contributed by atoms with Crippen LogP contribution in [0.25, 0.3) is 0 Å². The van der Waals surface area contributed by atoms with Gasteiger partial charge in [-0.05, 0) is 12.3 Å². The van der Waals surface area contributed by atoms with Gasteiger partial charge in [-0.1, -0.05) is 33.6 Å². The summed E-state index contributed by atoms with van der Waals surface area (Å²) >= 11 is 0. The first-order valence-electron chi connectivity index (χ1n) is 6.19. The van der Waals surface area contributed by atoms with Crippen molar-refractivity contribution in [2.24, 2.45) is 17.6 Å². The number of hydrogen-bond acceptors (Lipinski definition) is 3. The highest BCUT2D eigenvalue weighted by molar-refractivity contribution is 5.73. The Labute approximate surface area is 106 Å². The van der Waals surface area contributed by atoms with E-state index in [0.717, 1.165) is 0 Å². The van der Waals surface area contributed by atoms with Crippen LogP contribution in [-0.4, -0.2) is 24.8 Å². The fraction of sp³-hybridized carbons (Fsp3) is 0.917. The van der Waals surface area contributed by atoms with E-state index < -0.39 is 24.1 Å². The molecule has 18 heavy (non-hydrogen) atoms. The van der Waals surface area contributed by atoms with Crippen molar-refractivity contribution in [3.8, 4) is 0 Å². The Morgan fingerprint density at radius 3 is 2.28 bits per heavy atom. The van der Waals surface area contributed by atoms with Crippen molar-refractivity contribution in [1.29, 1.82) is 0 Å². The number of carbonyl (C=O) groups is 1. The zero-order valence-corrected chi connectivity index (χ0v) is 11.1. The summed E-state index contributed by atoms with van der Waals surface area (Å²) in [7, 11) is 0. The molecule has 3 nitrogen and oxygen atoms in total. The molecule has 0 spiro atoms. The Morgan fingerprint density at radius 2 is 1.89 bits per heavy atom. The first-order valence-corrected chi connectivity index (χ1v) is 6.19. The van der Waals surface area contributed by atoms with E-state index >= 15 is 0 Å². The second-order valence-electron chi connectivity index (χ2n) is 4.84. The lowest BCUT2D eigenvalue weighted by molar-refractivity contribution is -0.177. The molecule has 0 aliphatic carbocycles. The van der Waals surface area contributed by atoms with Gasteiger partial charge in [-0.3, -0.25) is 4.79 Å². The number of hydrogen-bond donors (Lipinski definition) is 1. The first kappa shape index (κ1) is 17.2. The summed E-state index contributed by atoms with van der Waals surface area (Å²) < 4.78 is 42.5. The molecule has 0 aliphatic rings. The van der Waals surface area contributed by atoms with Crippen LogP contribution in [0.15, 0.2) is 0 Å². The minimum Gasteiger partial charge on any atom is -0.465 e. The summed E-state index contributed by atoms with van der Waals surface area (Å²) in [4.78, 5) is 11.6. The van der Waals surface area contributed by atoms with Crippen LogP contribution in [0.4, 0.5) is 13.2 Å². The Kier molecular flexibility index (Phi) is 7.28. The van der Waals surface area contributed by atoms with Gasteiger partial charge in [0.05, 0.1) is 12.5 Å². The third kappa shape index (κ3) is 6.23. The average molecular weight is 269 g/mol. The van der Waals surface area contributed by atoms with Gasteiger partial charge in [-0.25, -0.2) is 0 Å². The SMILES string of the molecule is CCCC[C@@H](C(=O)OCC(C)C)[C@@H](N)C(F)(F)F. The quantitative estimate of drug-likeness (QED) is 0.723. The second-order valence-corrected chi connectivity index (χ2v) is 4.84. The molecule has 0 radical (unpaired) electrons. The number of esters is 1. The third-order valence-electron chi connectivity index (χ3n) is 2.54. The molecule has 0 saturated heterocycles. The van der Waals surface area contributed by atoms with Crippen molar-refractivity contribution in [2.75, 3.05) is 6.61 Å². The van der Waals surface area contributed by atoms with E-state index in [1.54, 1.807) is 0 Å². The van der Waals surface area contributed by atoms with Crippen molar-refractivity contribution in [3.05, 3.63) is 0 Å².